The fourth-order valence-corrected chi connectivity index (χ4v) is 1.61. The van der Waals surface area contributed by atoms with Crippen LogP contribution in [0.3, 0.4) is 0 Å². The number of carboxylic acid groups (broad SMARTS) is 1. The van der Waals surface area contributed by atoms with Crippen LogP contribution in [0.2, 0.25) is 0 Å². The van der Waals surface area contributed by atoms with Crippen LogP contribution < -0.4 is 5.73 Å². The number of aliphatic carboxylic acids is 1. The van der Waals surface area contributed by atoms with Crippen LogP contribution in [0, 0.1) is 0 Å². The minimum atomic E-state index is -0.991. The van der Waals surface area contributed by atoms with Gasteiger partial charge in [0.15, 0.2) is 0 Å². The number of methoxy groups -OCH3 is 1. The quantitative estimate of drug-likeness (QED) is 0.449. The van der Waals surface area contributed by atoms with Crippen molar-refractivity contribution in [3.63, 3.8) is 0 Å². The van der Waals surface area contributed by atoms with E-state index < -0.39 is 11.4 Å². The molecule has 0 aliphatic carbocycles. The lowest BCUT2D eigenvalue weighted by molar-refractivity contribution is -0.143. The summed E-state index contributed by atoms with van der Waals surface area (Å²) in [5.74, 6) is -0.991. The number of anilines is 1. The Bertz CT molecular complexity index is 312. The molecule has 0 saturated carbocycles. The summed E-state index contributed by atoms with van der Waals surface area (Å²) in [5, 5.41) is 8.72. The van der Waals surface area contributed by atoms with Crippen molar-refractivity contribution in [1.29, 1.82) is 0 Å². The van der Waals surface area contributed by atoms with Gasteiger partial charge in [0.2, 0.25) is 5.44 Å². The normalized spacial score (nSPS) is 12.4. The van der Waals surface area contributed by atoms with Gasteiger partial charge in [-0.25, -0.2) is 4.79 Å². The Morgan fingerprint density at radius 2 is 2.07 bits per heavy atom. The third-order valence-electron chi connectivity index (χ3n) is 1.54. The van der Waals surface area contributed by atoms with Crippen LogP contribution in [0.4, 0.5) is 5.69 Å². The van der Waals surface area contributed by atoms with E-state index in [4.69, 9.17) is 15.6 Å². The first-order chi connectivity index (χ1) is 6.63. The predicted molar refractivity (Wildman–Crippen MR) is 55.1 cm³/mol. The van der Waals surface area contributed by atoms with Gasteiger partial charge >= 0.3 is 5.97 Å². The molecule has 0 amide bonds. The number of carboxylic acids is 1. The summed E-state index contributed by atoms with van der Waals surface area (Å²) in [6.45, 7) is 0. The number of hydrogen-bond acceptors (Lipinski definition) is 4. The first-order valence-electron chi connectivity index (χ1n) is 3.91. The van der Waals surface area contributed by atoms with Crippen molar-refractivity contribution < 1.29 is 14.6 Å². The van der Waals surface area contributed by atoms with E-state index in [2.05, 4.69) is 0 Å². The molecule has 5 heteroatoms. The van der Waals surface area contributed by atoms with Crippen LogP contribution in [0.25, 0.3) is 0 Å². The summed E-state index contributed by atoms with van der Waals surface area (Å²) in [7, 11) is 1.36. The third kappa shape index (κ3) is 2.93. The summed E-state index contributed by atoms with van der Waals surface area (Å²) >= 11 is 1.13. The fraction of sp³-hybridized carbons (Fsp3) is 0.222. The number of thioether (sulfide) groups is 1. The molecule has 0 radical (unpaired) electrons. The molecule has 0 aliphatic rings. The second kappa shape index (κ2) is 4.88. The zero-order valence-corrected chi connectivity index (χ0v) is 8.45. The van der Waals surface area contributed by atoms with Crippen LogP contribution in [-0.2, 0) is 9.53 Å². The van der Waals surface area contributed by atoms with Gasteiger partial charge in [-0.3, -0.25) is 0 Å². The van der Waals surface area contributed by atoms with Crippen molar-refractivity contribution in [2.45, 2.75) is 10.3 Å². The smallest absolute Gasteiger partial charge is 0.343 e. The van der Waals surface area contributed by atoms with Gasteiger partial charge < -0.3 is 15.6 Å². The van der Waals surface area contributed by atoms with Crippen molar-refractivity contribution in [3.8, 4) is 0 Å². The Hall–Kier alpha value is -1.20. The number of ether oxygens (including phenoxy) is 1. The lowest BCUT2D eigenvalue weighted by atomic mass is 10.3. The summed E-state index contributed by atoms with van der Waals surface area (Å²) in [6.07, 6.45) is 0. The van der Waals surface area contributed by atoms with E-state index >= 15 is 0 Å². The molecule has 0 saturated heterocycles. The predicted octanol–water partition coefficient (Wildman–Crippen LogP) is 1.42. The molecular formula is C9H11NO3S. The second-order valence-corrected chi connectivity index (χ2v) is 3.73. The molecule has 3 N–H and O–H groups in total. The number of benzene rings is 1. The van der Waals surface area contributed by atoms with E-state index in [1.165, 1.54) is 7.11 Å². The van der Waals surface area contributed by atoms with E-state index in [-0.39, 0.29) is 0 Å². The van der Waals surface area contributed by atoms with E-state index in [0.29, 0.717) is 5.69 Å². The van der Waals surface area contributed by atoms with Gasteiger partial charge in [-0.05, 0) is 24.3 Å². The van der Waals surface area contributed by atoms with Gasteiger partial charge in [0.05, 0.1) is 0 Å². The van der Waals surface area contributed by atoms with Gasteiger partial charge in [0, 0.05) is 17.7 Å². The zero-order chi connectivity index (χ0) is 10.6. The molecule has 0 aromatic heterocycles. The minimum Gasteiger partial charge on any atom is -0.479 e. The molecule has 0 heterocycles. The zero-order valence-electron chi connectivity index (χ0n) is 7.64. The summed E-state index contributed by atoms with van der Waals surface area (Å²) in [5.41, 5.74) is 5.27. The maximum Gasteiger partial charge on any atom is 0.343 e. The van der Waals surface area contributed by atoms with Crippen molar-refractivity contribution in [1.82, 2.24) is 0 Å². The third-order valence-corrected chi connectivity index (χ3v) is 2.69. The largest absolute Gasteiger partial charge is 0.479 e. The first-order valence-corrected chi connectivity index (χ1v) is 4.79. The molecule has 76 valence electrons. The van der Waals surface area contributed by atoms with E-state index in [1.54, 1.807) is 24.3 Å². The highest BCUT2D eigenvalue weighted by Gasteiger charge is 2.17. The lowest BCUT2D eigenvalue weighted by Crippen LogP contribution is -2.17. The van der Waals surface area contributed by atoms with Gasteiger partial charge in [0.25, 0.3) is 0 Å². The fourth-order valence-electron chi connectivity index (χ4n) is 0.869. The number of carbonyl (C=O) groups is 1. The first kappa shape index (κ1) is 10.9. The Kier molecular flexibility index (Phi) is 3.79. The molecule has 1 rings (SSSR count). The second-order valence-electron chi connectivity index (χ2n) is 2.59. The molecule has 1 unspecified atom stereocenters. The molecule has 4 nitrogen and oxygen atoms in total. The molecule has 1 aromatic rings. The van der Waals surface area contributed by atoms with Gasteiger partial charge in [0.1, 0.15) is 0 Å². The van der Waals surface area contributed by atoms with Crippen LogP contribution in [0.15, 0.2) is 29.2 Å². The maximum atomic E-state index is 10.6. The van der Waals surface area contributed by atoms with E-state index in [0.717, 1.165) is 16.7 Å². The number of nitrogen functional groups attached to an aromatic ring is 1. The van der Waals surface area contributed by atoms with Crippen LogP contribution >= 0.6 is 11.8 Å². The average Bonchev–Trinajstić information content (AvgIpc) is 2.16. The monoisotopic (exact) mass is 213 g/mol. The lowest BCUT2D eigenvalue weighted by Gasteiger charge is -2.09. The Morgan fingerprint density at radius 1 is 1.50 bits per heavy atom. The highest BCUT2D eigenvalue weighted by Crippen LogP contribution is 2.24. The van der Waals surface area contributed by atoms with Crippen molar-refractivity contribution >= 4 is 23.4 Å². The Balaban J connectivity index is 2.67. The highest BCUT2D eigenvalue weighted by atomic mass is 32.2. The van der Waals surface area contributed by atoms with Gasteiger partial charge in [-0.15, -0.1) is 0 Å². The van der Waals surface area contributed by atoms with Crippen molar-refractivity contribution in [3.05, 3.63) is 24.3 Å². The SMILES string of the molecule is COC(Sc1ccc(N)cc1)C(=O)O. The van der Waals surface area contributed by atoms with Crippen molar-refractivity contribution in [2.24, 2.45) is 0 Å². The number of rotatable bonds is 4. The Labute approximate surface area is 86.1 Å². The van der Waals surface area contributed by atoms with Crippen molar-refractivity contribution in [2.75, 3.05) is 12.8 Å². The summed E-state index contributed by atoms with van der Waals surface area (Å²) in [4.78, 5) is 11.4. The van der Waals surface area contributed by atoms with E-state index in [1.807, 2.05) is 0 Å². The summed E-state index contributed by atoms with van der Waals surface area (Å²) in [6, 6.07) is 6.96. The molecule has 0 spiro atoms. The molecule has 0 fully saturated rings. The standard InChI is InChI=1S/C9H11NO3S/c1-13-9(8(11)12)14-7-4-2-6(10)3-5-7/h2-5,9H,10H2,1H3,(H,11,12). The molecular weight excluding hydrogens is 202 g/mol. The molecule has 1 aromatic carbocycles. The minimum absolute atomic E-state index is 0.652. The molecule has 0 aliphatic heterocycles. The Morgan fingerprint density at radius 3 is 2.50 bits per heavy atom. The summed E-state index contributed by atoms with van der Waals surface area (Å²) < 4.78 is 4.78. The molecule has 1 atom stereocenters. The van der Waals surface area contributed by atoms with Crippen LogP contribution in [0.1, 0.15) is 0 Å². The van der Waals surface area contributed by atoms with Crippen LogP contribution in [-0.4, -0.2) is 23.6 Å². The highest BCUT2D eigenvalue weighted by molar-refractivity contribution is 8.00. The number of hydrogen-bond donors (Lipinski definition) is 2. The molecule has 0 bridgehead atoms. The topological polar surface area (TPSA) is 72.5 Å². The van der Waals surface area contributed by atoms with E-state index in [9.17, 15) is 4.79 Å². The number of nitrogens with two attached hydrogens (primary N) is 1. The maximum absolute atomic E-state index is 10.6. The van der Waals surface area contributed by atoms with Gasteiger partial charge in [-0.1, -0.05) is 11.8 Å². The molecule has 14 heavy (non-hydrogen) atoms. The van der Waals surface area contributed by atoms with Gasteiger partial charge in [-0.2, -0.15) is 0 Å². The average molecular weight is 213 g/mol. The van der Waals surface area contributed by atoms with Crippen LogP contribution in [0.5, 0.6) is 0 Å².